The topological polar surface area (TPSA) is 71.2 Å². The lowest BCUT2D eigenvalue weighted by molar-refractivity contribution is 0.0946. The number of carbonyl (C=O) groups is 1. The maximum atomic E-state index is 15.0. The van der Waals surface area contributed by atoms with Crippen LogP contribution in [0.25, 0.3) is 22.3 Å². The third-order valence-electron chi connectivity index (χ3n) is 5.38. The van der Waals surface area contributed by atoms with E-state index in [-0.39, 0.29) is 11.7 Å². The molecule has 5 nitrogen and oxygen atoms in total. The van der Waals surface area contributed by atoms with Gasteiger partial charge in [-0.25, -0.2) is 9.37 Å². The molecule has 0 atom stereocenters. The van der Waals surface area contributed by atoms with Crippen molar-refractivity contribution >= 4 is 11.7 Å². The van der Waals surface area contributed by atoms with Crippen molar-refractivity contribution < 1.29 is 9.18 Å². The van der Waals surface area contributed by atoms with Crippen LogP contribution >= 0.6 is 0 Å². The summed E-state index contributed by atoms with van der Waals surface area (Å²) >= 11 is 0. The molecule has 0 spiro atoms. The molecule has 0 saturated carbocycles. The molecule has 0 fully saturated rings. The number of amides is 1. The number of nitrogens with one attached hydrogen (secondary N) is 1. The Morgan fingerprint density at radius 2 is 1.90 bits per heavy atom. The molecule has 30 heavy (non-hydrogen) atoms. The van der Waals surface area contributed by atoms with Crippen molar-refractivity contribution in [3.63, 3.8) is 0 Å². The Labute approximate surface area is 175 Å². The highest BCUT2D eigenvalue weighted by molar-refractivity contribution is 5.97. The summed E-state index contributed by atoms with van der Waals surface area (Å²) in [6, 6.07) is 11.3. The van der Waals surface area contributed by atoms with Gasteiger partial charge in [0.2, 0.25) is 0 Å². The average molecular weight is 404 g/mol. The van der Waals surface area contributed by atoms with Gasteiger partial charge in [0.1, 0.15) is 11.6 Å². The van der Waals surface area contributed by atoms with Crippen LogP contribution in [0.5, 0.6) is 0 Å². The highest BCUT2D eigenvalue weighted by Gasteiger charge is 2.18. The zero-order valence-electron chi connectivity index (χ0n) is 17.4. The van der Waals surface area contributed by atoms with Crippen LogP contribution < -0.4 is 11.1 Å². The average Bonchev–Trinajstić information content (AvgIpc) is 2.70. The molecule has 0 unspecified atom stereocenters. The molecular weight excluding hydrogens is 379 g/mol. The molecule has 3 aromatic rings. The van der Waals surface area contributed by atoms with Crippen molar-refractivity contribution in [2.75, 3.05) is 26.4 Å². The van der Waals surface area contributed by atoms with Crippen molar-refractivity contribution in [2.24, 2.45) is 0 Å². The van der Waals surface area contributed by atoms with Crippen molar-refractivity contribution in [2.45, 2.75) is 19.9 Å². The summed E-state index contributed by atoms with van der Waals surface area (Å²) in [6.45, 7) is 3.11. The summed E-state index contributed by atoms with van der Waals surface area (Å²) in [7, 11) is 3.97. The summed E-state index contributed by atoms with van der Waals surface area (Å²) in [5, 5.41) is 2.85. The van der Waals surface area contributed by atoms with E-state index in [4.69, 9.17) is 5.73 Å². The number of anilines is 1. The van der Waals surface area contributed by atoms with Gasteiger partial charge in [0.05, 0.1) is 0 Å². The number of rotatable bonds is 4. The van der Waals surface area contributed by atoms with Crippen molar-refractivity contribution in [3.05, 3.63) is 70.7 Å². The van der Waals surface area contributed by atoms with E-state index < -0.39 is 0 Å². The molecule has 0 radical (unpaired) electrons. The first kappa shape index (κ1) is 20.0. The zero-order chi connectivity index (χ0) is 21.4. The van der Waals surface area contributed by atoms with Gasteiger partial charge in [0.25, 0.3) is 5.91 Å². The van der Waals surface area contributed by atoms with Crippen LogP contribution in [0.2, 0.25) is 0 Å². The third-order valence-corrected chi connectivity index (χ3v) is 5.38. The lowest BCUT2D eigenvalue weighted by atomic mass is 9.93. The van der Waals surface area contributed by atoms with E-state index in [0.717, 1.165) is 35.2 Å². The number of hydrogen-bond donors (Lipinski definition) is 2. The van der Waals surface area contributed by atoms with Crippen LogP contribution in [0.15, 0.2) is 42.6 Å². The van der Waals surface area contributed by atoms with Crippen LogP contribution in [0.3, 0.4) is 0 Å². The van der Waals surface area contributed by atoms with Crippen LogP contribution in [0, 0.1) is 12.7 Å². The van der Waals surface area contributed by atoms with E-state index in [1.807, 2.05) is 55.4 Å². The Hall–Kier alpha value is -3.25. The number of nitrogens with two attached hydrogens (primary N) is 1. The zero-order valence-corrected chi connectivity index (χ0v) is 17.4. The lowest BCUT2D eigenvalue weighted by Crippen LogP contribution is -2.31. The monoisotopic (exact) mass is 404 g/mol. The van der Waals surface area contributed by atoms with Gasteiger partial charge in [-0.3, -0.25) is 4.79 Å². The Morgan fingerprint density at radius 1 is 1.10 bits per heavy atom. The fourth-order valence-corrected chi connectivity index (χ4v) is 3.96. The van der Waals surface area contributed by atoms with Gasteiger partial charge in [0.15, 0.2) is 0 Å². The van der Waals surface area contributed by atoms with Gasteiger partial charge in [0, 0.05) is 41.5 Å². The SMILES string of the molecule is Cc1cc(CN(C)C)cc(-c2cnc(N)c(-c3ccc4c(c3)CCNC4=O)c2)c1F. The van der Waals surface area contributed by atoms with Crippen molar-refractivity contribution in [1.82, 2.24) is 15.2 Å². The maximum absolute atomic E-state index is 15.0. The molecule has 0 bridgehead atoms. The predicted molar refractivity (Wildman–Crippen MR) is 118 cm³/mol. The van der Waals surface area contributed by atoms with E-state index in [9.17, 15) is 9.18 Å². The minimum absolute atomic E-state index is 0.0575. The second kappa shape index (κ2) is 7.88. The molecule has 0 saturated heterocycles. The first-order valence-corrected chi connectivity index (χ1v) is 9.94. The third kappa shape index (κ3) is 3.78. The summed E-state index contributed by atoms with van der Waals surface area (Å²) in [5.41, 5.74) is 12.3. The molecule has 2 aromatic carbocycles. The number of benzene rings is 2. The Balaban J connectivity index is 1.80. The lowest BCUT2D eigenvalue weighted by Gasteiger charge is -2.18. The second-order valence-corrected chi connectivity index (χ2v) is 8.05. The Kier molecular flexibility index (Phi) is 5.26. The number of nitrogen functional groups attached to an aromatic ring is 1. The van der Waals surface area contributed by atoms with Crippen LogP contribution in [-0.2, 0) is 13.0 Å². The maximum Gasteiger partial charge on any atom is 0.251 e. The standard InChI is InChI=1S/C24H25FN4O/c1-14-8-15(13-29(2)3)9-20(22(14)25)18-11-21(23(26)28-12-18)16-4-5-19-17(10-16)6-7-27-24(19)30/h4-5,8-12H,6-7,13H2,1-3H3,(H2,26,28)(H,27,30). The van der Waals surface area contributed by atoms with Gasteiger partial charge in [-0.2, -0.15) is 0 Å². The van der Waals surface area contributed by atoms with E-state index in [1.54, 1.807) is 13.1 Å². The minimum Gasteiger partial charge on any atom is -0.383 e. The number of nitrogens with zero attached hydrogens (tertiary/aromatic N) is 2. The van der Waals surface area contributed by atoms with Gasteiger partial charge < -0.3 is 16.0 Å². The number of aromatic nitrogens is 1. The summed E-state index contributed by atoms with van der Waals surface area (Å²) in [5.74, 6) is 0.0653. The van der Waals surface area contributed by atoms with Crippen molar-refractivity contribution in [3.8, 4) is 22.3 Å². The second-order valence-electron chi connectivity index (χ2n) is 8.05. The van der Waals surface area contributed by atoms with E-state index in [2.05, 4.69) is 10.3 Å². The highest BCUT2D eigenvalue weighted by atomic mass is 19.1. The minimum atomic E-state index is -0.253. The molecule has 2 heterocycles. The highest BCUT2D eigenvalue weighted by Crippen LogP contribution is 2.33. The van der Waals surface area contributed by atoms with Crippen LogP contribution in [-0.4, -0.2) is 36.4 Å². The molecule has 0 aliphatic carbocycles. The molecule has 1 aromatic heterocycles. The van der Waals surface area contributed by atoms with Gasteiger partial charge in [-0.1, -0.05) is 18.2 Å². The van der Waals surface area contributed by atoms with Gasteiger partial charge in [-0.15, -0.1) is 0 Å². The summed E-state index contributed by atoms with van der Waals surface area (Å²) in [4.78, 5) is 18.4. The van der Waals surface area contributed by atoms with Crippen molar-refractivity contribution in [1.29, 1.82) is 0 Å². The quantitative estimate of drug-likeness (QED) is 0.694. The number of fused-ring (bicyclic) bond motifs is 1. The van der Waals surface area contributed by atoms with Crippen LogP contribution in [0.1, 0.15) is 27.0 Å². The Morgan fingerprint density at radius 3 is 2.67 bits per heavy atom. The summed E-state index contributed by atoms with van der Waals surface area (Å²) < 4.78 is 15.0. The molecule has 6 heteroatoms. The summed E-state index contributed by atoms with van der Waals surface area (Å²) in [6.07, 6.45) is 2.38. The van der Waals surface area contributed by atoms with E-state index in [1.165, 1.54) is 0 Å². The number of halogens is 1. The molecule has 154 valence electrons. The first-order chi connectivity index (χ1) is 14.3. The largest absolute Gasteiger partial charge is 0.383 e. The molecule has 1 aliphatic rings. The number of pyridine rings is 1. The van der Waals surface area contributed by atoms with Crippen LogP contribution in [0.4, 0.5) is 10.2 Å². The molecule has 1 amide bonds. The fraction of sp³-hybridized carbons (Fsp3) is 0.250. The fourth-order valence-electron chi connectivity index (χ4n) is 3.96. The first-order valence-electron chi connectivity index (χ1n) is 9.94. The smallest absolute Gasteiger partial charge is 0.251 e. The normalized spacial score (nSPS) is 13.3. The van der Waals surface area contributed by atoms with E-state index in [0.29, 0.717) is 34.6 Å². The Bertz CT molecular complexity index is 1140. The number of carbonyl (C=O) groups excluding carboxylic acids is 1. The predicted octanol–water partition coefficient (Wildman–Crippen LogP) is 3.79. The number of hydrogen-bond acceptors (Lipinski definition) is 4. The molecular formula is C24H25FN4O. The molecule has 1 aliphatic heterocycles. The molecule has 3 N–H and O–H groups in total. The van der Waals surface area contributed by atoms with Gasteiger partial charge in [-0.05, 0) is 67.9 Å². The molecule has 4 rings (SSSR count). The number of aryl methyl sites for hydroxylation is 1. The van der Waals surface area contributed by atoms with E-state index >= 15 is 0 Å². The van der Waals surface area contributed by atoms with Gasteiger partial charge >= 0.3 is 0 Å².